The van der Waals surface area contributed by atoms with Crippen molar-refractivity contribution in [2.75, 3.05) is 6.61 Å². The zero-order valence-corrected chi connectivity index (χ0v) is 10.8. The topological polar surface area (TPSA) is 26.3 Å². The van der Waals surface area contributed by atoms with Crippen LogP contribution in [0, 0.1) is 13.8 Å². The summed E-state index contributed by atoms with van der Waals surface area (Å²) >= 11 is 0. The number of ether oxygens (including phenoxy) is 1. The standard InChI is InChI=1S/C15H20O2/c1-4-5-10-17-15(16)9-8-14-11-12(2)6-7-13(14)3/h6-9,11H,4-5,10H2,1-3H3/b9-8+. The molecule has 92 valence electrons. The Morgan fingerprint density at radius 1 is 1.35 bits per heavy atom. The Balaban J connectivity index is 2.57. The molecule has 1 aromatic carbocycles. The second-order valence-electron chi connectivity index (χ2n) is 4.21. The lowest BCUT2D eigenvalue weighted by Crippen LogP contribution is -2.01. The highest BCUT2D eigenvalue weighted by Crippen LogP contribution is 2.12. The molecule has 1 rings (SSSR count). The Labute approximate surface area is 103 Å². The van der Waals surface area contributed by atoms with Gasteiger partial charge in [0, 0.05) is 6.08 Å². The van der Waals surface area contributed by atoms with E-state index in [-0.39, 0.29) is 5.97 Å². The van der Waals surface area contributed by atoms with Gasteiger partial charge in [-0.15, -0.1) is 0 Å². The highest BCUT2D eigenvalue weighted by atomic mass is 16.5. The van der Waals surface area contributed by atoms with Crippen molar-refractivity contribution in [3.8, 4) is 0 Å². The van der Waals surface area contributed by atoms with Crippen molar-refractivity contribution in [3.63, 3.8) is 0 Å². The Bertz CT molecular complexity index is 405. The molecular weight excluding hydrogens is 212 g/mol. The fourth-order valence-corrected chi connectivity index (χ4v) is 1.46. The normalized spacial score (nSPS) is 10.8. The third kappa shape index (κ3) is 4.85. The molecule has 0 aromatic heterocycles. The van der Waals surface area contributed by atoms with Gasteiger partial charge >= 0.3 is 5.97 Å². The van der Waals surface area contributed by atoms with Gasteiger partial charge in [0.2, 0.25) is 0 Å². The molecule has 0 amide bonds. The van der Waals surface area contributed by atoms with Gasteiger partial charge in [0.25, 0.3) is 0 Å². The SMILES string of the molecule is CCCCOC(=O)/C=C/c1cc(C)ccc1C. The molecule has 0 radical (unpaired) electrons. The van der Waals surface area contributed by atoms with Crippen molar-refractivity contribution < 1.29 is 9.53 Å². The molecule has 0 spiro atoms. The maximum atomic E-state index is 11.4. The van der Waals surface area contributed by atoms with Crippen LogP contribution in [0.4, 0.5) is 0 Å². The minimum atomic E-state index is -0.264. The Kier molecular flexibility index (Phi) is 5.47. The van der Waals surface area contributed by atoms with Crippen molar-refractivity contribution in [2.45, 2.75) is 33.6 Å². The summed E-state index contributed by atoms with van der Waals surface area (Å²) in [6.07, 6.45) is 5.27. The maximum absolute atomic E-state index is 11.4. The van der Waals surface area contributed by atoms with E-state index in [1.54, 1.807) is 0 Å². The molecule has 17 heavy (non-hydrogen) atoms. The first-order valence-corrected chi connectivity index (χ1v) is 6.05. The number of hydrogen-bond donors (Lipinski definition) is 0. The molecule has 2 heteroatoms. The summed E-state index contributed by atoms with van der Waals surface area (Å²) in [5, 5.41) is 0. The molecule has 0 atom stereocenters. The summed E-state index contributed by atoms with van der Waals surface area (Å²) in [4.78, 5) is 11.4. The maximum Gasteiger partial charge on any atom is 0.330 e. The number of rotatable bonds is 5. The summed E-state index contributed by atoms with van der Waals surface area (Å²) in [6.45, 7) is 6.64. The van der Waals surface area contributed by atoms with Gasteiger partial charge in [0.15, 0.2) is 0 Å². The van der Waals surface area contributed by atoms with Crippen LogP contribution < -0.4 is 0 Å². The zero-order valence-electron chi connectivity index (χ0n) is 10.8. The van der Waals surface area contributed by atoms with E-state index >= 15 is 0 Å². The number of benzene rings is 1. The minimum Gasteiger partial charge on any atom is -0.463 e. The molecule has 1 aromatic rings. The molecule has 0 N–H and O–H groups in total. The second kappa shape index (κ2) is 6.89. The lowest BCUT2D eigenvalue weighted by molar-refractivity contribution is -0.137. The number of aryl methyl sites for hydroxylation is 2. The number of carbonyl (C=O) groups excluding carboxylic acids is 1. The summed E-state index contributed by atoms with van der Waals surface area (Å²) in [7, 11) is 0. The third-order valence-corrected chi connectivity index (χ3v) is 2.58. The molecule has 0 bridgehead atoms. The van der Waals surface area contributed by atoms with Gasteiger partial charge in [-0.25, -0.2) is 4.79 Å². The van der Waals surface area contributed by atoms with Crippen LogP contribution in [0.1, 0.15) is 36.5 Å². The van der Waals surface area contributed by atoms with Crippen LogP contribution in [0.3, 0.4) is 0 Å². The van der Waals surface area contributed by atoms with Crippen LogP contribution in [-0.2, 0) is 9.53 Å². The fourth-order valence-electron chi connectivity index (χ4n) is 1.46. The fraction of sp³-hybridized carbons (Fsp3) is 0.400. The van der Waals surface area contributed by atoms with Gasteiger partial charge in [-0.05, 0) is 37.5 Å². The largest absolute Gasteiger partial charge is 0.463 e. The first kappa shape index (κ1) is 13.5. The van der Waals surface area contributed by atoms with Crippen molar-refractivity contribution in [2.24, 2.45) is 0 Å². The van der Waals surface area contributed by atoms with Gasteiger partial charge in [-0.3, -0.25) is 0 Å². The third-order valence-electron chi connectivity index (χ3n) is 2.58. The lowest BCUT2D eigenvalue weighted by atomic mass is 10.1. The van der Waals surface area contributed by atoms with Gasteiger partial charge in [0.1, 0.15) is 0 Å². The molecule has 0 unspecified atom stereocenters. The second-order valence-corrected chi connectivity index (χ2v) is 4.21. The number of hydrogen-bond acceptors (Lipinski definition) is 2. The van der Waals surface area contributed by atoms with Crippen molar-refractivity contribution in [1.82, 2.24) is 0 Å². The van der Waals surface area contributed by atoms with E-state index in [1.807, 2.05) is 19.9 Å². The van der Waals surface area contributed by atoms with Crippen molar-refractivity contribution >= 4 is 12.0 Å². The summed E-state index contributed by atoms with van der Waals surface area (Å²) in [5.41, 5.74) is 3.42. The smallest absolute Gasteiger partial charge is 0.330 e. The molecular formula is C15H20O2. The average Bonchev–Trinajstić information content (AvgIpc) is 2.31. The van der Waals surface area contributed by atoms with Gasteiger partial charge in [-0.2, -0.15) is 0 Å². The molecule has 0 aliphatic heterocycles. The number of unbranched alkanes of at least 4 members (excludes halogenated alkanes) is 1. The monoisotopic (exact) mass is 232 g/mol. The van der Waals surface area contributed by atoms with Crippen molar-refractivity contribution in [1.29, 1.82) is 0 Å². The Morgan fingerprint density at radius 3 is 2.82 bits per heavy atom. The molecule has 0 fully saturated rings. The summed E-state index contributed by atoms with van der Waals surface area (Å²) < 4.78 is 5.05. The Hall–Kier alpha value is -1.57. The van der Waals surface area contributed by atoms with E-state index in [2.05, 4.69) is 25.1 Å². The highest BCUT2D eigenvalue weighted by molar-refractivity contribution is 5.87. The van der Waals surface area contributed by atoms with Gasteiger partial charge in [-0.1, -0.05) is 37.1 Å². The molecule has 0 saturated carbocycles. The molecule has 0 heterocycles. The van der Waals surface area contributed by atoms with E-state index in [0.717, 1.165) is 24.0 Å². The van der Waals surface area contributed by atoms with Crippen LogP contribution in [0.25, 0.3) is 6.08 Å². The molecule has 0 saturated heterocycles. The first-order valence-electron chi connectivity index (χ1n) is 6.05. The van der Waals surface area contributed by atoms with Crippen LogP contribution >= 0.6 is 0 Å². The first-order chi connectivity index (χ1) is 8.13. The van der Waals surface area contributed by atoms with Crippen LogP contribution in [0.15, 0.2) is 24.3 Å². The van der Waals surface area contributed by atoms with E-state index in [0.29, 0.717) is 6.61 Å². The number of esters is 1. The summed E-state index contributed by atoms with van der Waals surface area (Å²) in [6, 6.07) is 6.18. The molecule has 2 nitrogen and oxygen atoms in total. The summed E-state index contributed by atoms with van der Waals surface area (Å²) in [5.74, 6) is -0.264. The average molecular weight is 232 g/mol. The highest BCUT2D eigenvalue weighted by Gasteiger charge is 1.98. The van der Waals surface area contributed by atoms with Gasteiger partial charge in [0.05, 0.1) is 6.61 Å². The van der Waals surface area contributed by atoms with Crippen LogP contribution in [-0.4, -0.2) is 12.6 Å². The quantitative estimate of drug-likeness (QED) is 0.440. The number of carbonyl (C=O) groups is 1. The van der Waals surface area contributed by atoms with E-state index < -0.39 is 0 Å². The minimum absolute atomic E-state index is 0.264. The van der Waals surface area contributed by atoms with E-state index in [9.17, 15) is 4.79 Å². The predicted octanol–water partition coefficient (Wildman–Crippen LogP) is 3.66. The molecule has 0 aliphatic carbocycles. The van der Waals surface area contributed by atoms with Gasteiger partial charge < -0.3 is 4.74 Å². The van der Waals surface area contributed by atoms with E-state index in [4.69, 9.17) is 4.74 Å². The van der Waals surface area contributed by atoms with E-state index in [1.165, 1.54) is 11.6 Å². The zero-order chi connectivity index (χ0) is 12.7. The van der Waals surface area contributed by atoms with Crippen LogP contribution in [0.2, 0.25) is 0 Å². The molecule has 0 aliphatic rings. The predicted molar refractivity (Wildman–Crippen MR) is 70.8 cm³/mol. The Morgan fingerprint density at radius 2 is 2.12 bits per heavy atom. The van der Waals surface area contributed by atoms with Crippen molar-refractivity contribution in [3.05, 3.63) is 41.0 Å². The lowest BCUT2D eigenvalue weighted by Gasteiger charge is -2.02. The van der Waals surface area contributed by atoms with Crippen LogP contribution in [0.5, 0.6) is 0 Å².